The number of carbonyl (C=O) groups is 6. The van der Waals surface area contributed by atoms with Gasteiger partial charge < -0.3 is 65.5 Å². The van der Waals surface area contributed by atoms with Gasteiger partial charge in [-0.3, -0.25) is 39.2 Å². The number of benzene rings is 1. The van der Waals surface area contributed by atoms with Gasteiger partial charge in [-0.2, -0.15) is 0 Å². The number of aliphatic hydroxyl groups is 1. The molecule has 6 amide bonds. The first-order valence-corrected chi connectivity index (χ1v) is 17.1. The Morgan fingerprint density at radius 1 is 0.792 bits per heavy atom. The molecule has 18 N–H and O–H groups in total. The quantitative estimate of drug-likeness (QED) is 0.0264. The van der Waals surface area contributed by atoms with Crippen LogP contribution in [0.2, 0.25) is 0 Å². The van der Waals surface area contributed by atoms with Gasteiger partial charge in [-0.05, 0) is 70.7 Å². The van der Waals surface area contributed by atoms with Crippen molar-refractivity contribution < 1.29 is 39.0 Å². The second-order valence-electron chi connectivity index (χ2n) is 12.9. The molecule has 6 atom stereocenters. The number of aliphatic imine (C=N–C) groups is 1. The molecule has 20 nitrogen and oxygen atoms in total. The number of unbranched alkanes of at least 4 members (excludes halogenated alkanes) is 1. The number of likely N-dealkylation sites (N-methyl/N-ethyl adjacent to an activating group) is 1. The van der Waals surface area contributed by atoms with Gasteiger partial charge in [0.2, 0.25) is 35.4 Å². The van der Waals surface area contributed by atoms with E-state index in [1.165, 1.54) is 33.0 Å². The zero-order valence-corrected chi connectivity index (χ0v) is 30.4. The van der Waals surface area contributed by atoms with Crippen LogP contribution in [-0.2, 0) is 35.2 Å². The number of nitrogens with one attached hydrogen (secondary N) is 6. The lowest BCUT2D eigenvalue weighted by atomic mass is 9.91. The molecule has 0 aliphatic heterocycles. The SMILES string of the molecule is CN[C@H](C(=O)N[C@@H](CCCN=C(N)N)C(=O)N[C@@H](CCC(N)=O)C(=O)N[C@@H](CCCCC(=N)N)C(=O)N[C@](C)(Cc1ccc(O)cc1)C(N)=O)[C@@H](C)O. The maximum absolute atomic E-state index is 13.8. The molecule has 0 heterocycles. The number of primary amides is 2. The molecule has 1 aromatic rings. The number of rotatable bonds is 25. The van der Waals surface area contributed by atoms with Gasteiger partial charge in [0, 0.05) is 25.8 Å². The fraction of sp³-hybridized carbons (Fsp3) is 0.576. The van der Waals surface area contributed by atoms with Gasteiger partial charge in [-0.25, -0.2) is 0 Å². The van der Waals surface area contributed by atoms with E-state index in [9.17, 15) is 39.0 Å². The van der Waals surface area contributed by atoms with Gasteiger partial charge in [0.1, 0.15) is 35.5 Å². The number of amidine groups is 1. The predicted octanol–water partition coefficient (Wildman–Crippen LogP) is -3.47. The van der Waals surface area contributed by atoms with Crippen LogP contribution in [0, 0.1) is 5.41 Å². The average Bonchev–Trinajstić information content (AvgIpc) is 3.06. The van der Waals surface area contributed by atoms with Crippen LogP contribution < -0.4 is 55.3 Å². The molecule has 53 heavy (non-hydrogen) atoms. The fourth-order valence-corrected chi connectivity index (χ4v) is 5.23. The summed E-state index contributed by atoms with van der Waals surface area (Å²) in [6.45, 7) is 2.89. The standard InChI is InChI=1S/C33H56N12O8/c1-18(46)26(40-3)30(52)44-21(8-6-16-41-32(38)39)27(49)43-23(14-15-25(36)48)28(50)42-22(7-4-5-9-24(34)35)29(51)45-33(2,31(37)53)17-19-10-12-20(47)13-11-19/h10-13,18,21-23,26,40,46-47H,4-9,14-17H2,1-3H3,(H3,34,35)(H2,36,48)(H2,37,53)(H,42,50)(H,43,49)(H,44,52)(H,45,51)(H4,38,39,41)/t18-,21+,22+,23+,26+,33-/m1/s1. The molecule has 1 rings (SSSR count). The molecule has 20 heteroatoms. The van der Waals surface area contributed by atoms with Crippen LogP contribution in [0.4, 0.5) is 0 Å². The molecular formula is C33H56N12O8. The molecule has 296 valence electrons. The molecule has 1 aromatic carbocycles. The number of hydrogen-bond acceptors (Lipinski definition) is 11. The molecule has 0 saturated carbocycles. The van der Waals surface area contributed by atoms with E-state index in [0.29, 0.717) is 18.4 Å². The Kier molecular flexibility index (Phi) is 19.3. The number of aliphatic hydroxyl groups excluding tert-OH is 1. The van der Waals surface area contributed by atoms with Crippen LogP contribution in [0.15, 0.2) is 29.3 Å². The molecule has 0 aliphatic rings. The fourth-order valence-electron chi connectivity index (χ4n) is 5.23. The summed E-state index contributed by atoms with van der Waals surface area (Å²) in [6.07, 6.45) is -0.658. The molecule has 0 aromatic heterocycles. The minimum atomic E-state index is -1.64. The van der Waals surface area contributed by atoms with Crippen LogP contribution >= 0.6 is 0 Å². The van der Waals surface area contributed by atoms with Crippen LogP contribution in [-0.4, -0.2) is 107 Å². The van der Waals surface area contributed by atoms with Crippen molar-refractivity contribution in [1.82, 2.24) is 26.6 Å². The highest BCUT2D eigenvalue weighted by Gasteiger charge is 2.37. The maximum atomic E-state index is 13.8. The Balaban J connectivity index is 3.38. The summed E-state index contributed by atoms with van der Waals surface area (Å²) in [5, 5.41) is 40.1. The Morgan fingerprint density at radius 2 is 1.32 bits per heavy atom. The van der Waals surface area contributed by atoms with Crippen LogP contribution in [0.5, 0.6) is 5.75 Å². The van der Waals surface area contributed by atoms with Gasteiger partial charge in [-0.1, -0.05) is 18.6 Å². The van der Waals surface area contributed by atoms with Crippen LogP contribution in [0.3, 0.4) is 0 Å². The second-order valence-corrected chi connectivity index (χ2v) is 12.9. The van der Waals surface area contributed by atoms with E-state index < -0.39 is 71.3 Å². The Morgan fingerprint density at radius 3 is 1.81 bits per heavy atom. The number of phenols is 1. The second kappa shape index (κ2) is 22.4. The first-order chi connectivity index (χ1) is 24.8. The van der Waals surface area contributed by atoms with Gasteiger partial charge in [-0.15, -0.1) is 0 Å². The van der Waals surface area contributed by atoms with E-state index in [2.05, 4.69) is 31.6 Å². The van der Waals surface area contributed by atoms with Crippen molar-refractivity contribution in [2.75, 3.05) is 13.6 Å². The summed E-state index contributed by atoms with van der Waals surface area (Å²) in [6, 6.07) is 0.850. The first kappa shape index (κ1) is 45.5. The summed E-state index contributed by atoms with van der Waals surface area (Å²) in [5.41, 5.74) is 26.2. The normalized spacial score (nSPS) is 14.9. The highest BCUT2D eigenvalue weighted by Crippen LogP contribution is 2.18. The van der Waals surface area contributed by atoms with E-state index in [-0.39, 0.29) is 69.0 Å². The number of carbonyl (C=O) groups excluding carboxylic acids is 6. The predicted molar refractivity (Wildman–Crippen MR) is 197 cm³/mol. The lowest BCUT2D eigenvalue weighted by Gasteiger charge is -2.31. The molecule has 0 fully saturated rings. The van der Waals surface area contributed by atoms with Crippen LogP contribution in [0.1, 0.15) is 70.8 Å². The lowest BCUT2D eigenvalue weighted by molar-refractivity contribution is -0.136. The third-order valence-electron chi connectivity index (χ3n) is 8.23. The summed E-state index contributed by atoms with van der Waals surface area (Å²) >= 11 is 0. The molecule has 0 unspecified atom stereocenters. The van der Waals surface area contributed by atoms with E-state index in [0.717, 1.165) is 0 Å². The van der Waals surface area contributed by atoms with E-state index in [1.54, 1.807) is 12.1 Å². The van der Waals surface area contributed by atoms with Crippen molar-refractivity contribution in [2.45, 2.75) is 107 Å². The van der Waals surface area contributed by atoms with E-state index >= 15 is 0 Å². The van der Waals surface area contributed by atoms with E-state index in [1.807, 2.05) is 0 Å². The van der Waals surface area contributed by atoms with E-state index in [4.69, 9.17) is 34.1 Å². The van der Waals surface area contributed by atoms with Crippen molar-refractivity contribution in [3.05, 3.63) is 29.8 Å². The van der Waals surface area contributed by atoms with Crippen molar-refractivity contribution in [3.8, 4) is 5.75 Å². The van der Waals surface area contributed by atoms with Gasteiger partial charge >= 0.3 is 0 Å². The zero-order valence-electron chi connectivity index (χ0n) is 30.4. The maximum Gasteiger partial charge on any atom is 0.243 e. The smallest absolute Gasteiger partial charge is 0.243 e. The van der Waals surface area contributed by atoms with Gasteiger partial charge in [0.05, 0.1) is 11.9 Å². The van der Waals surface area contributed by atoms with Crippen molar-refractivity contribution in [1.29, 1.82) is 5.41 Å². The molecule has 0 saturated heterocycles. The first-order valence-electron chi connectivity index (χ1n) is 17.1. The Labute approximate surface area is 308 Å². The number of nitrogens with two attached hydrogens (primary N) is 5. The number of aromatic hydroxyl groups is 1. The number of guanidine groups is 1. The number of amides is 6. The minimum Gasteiger partial charge on any atom is -0.508 e. The monoisotopic (exact) mass is 748 g/mol. The van der Waals surface area contributed by atoms with Crippen molar-refractivity contribution in [2.24, 2.45) is 33.7 Å². The third kappa shape index (κ3) is 17.0. The average molecular weight is 749 g/mol. The summed E-state index contributed by atoms with van der Waals surface area (Å²) in [5.74, 6) is -5.13. The molecule has 0 radical (unpaired) electrons. The highest BCUT2D eigenvalue weighted by molar-refractivity contribution is 5.97. The summed E-state index contributed by atoms with van der Waals surface area (Å²) in [7, 11) is 1.45. The Hall–Kier alpha value is -5.50. The lowest BCUT2D eigenvalue weighted by Crippen LogP contribution is -2.62. The topological polar surface area (TPSA) is 369 Å². The van der Waals surface area contributed by atoms with Crippen molar-refractivity contribution in [3.63, 3.8) is 0 Å². The van der Waals surface area contributed by atoms with Crippen LogP contribution in [0.25, 0.3) is 0 Å². The van der Waals surface area contributed by atoms with Crippen molar-refractivity contribution >= 4 is 47.2 Å². The number of hydrogen-bond donors (Lipinski definition) is 13. The highest BCUT2D eigenvalue weighted by atomic mass is 16.3. The number of phenolic OH excluding ortho intramolecular Hbond substituents is 1. The molecule has 0 spiro atoms. The van der Waals surface area contributed by atoms with Gasteiger partial charge in [0.15, 0.2) is 5.96 Å². The summed E-state index contributed by atoms with van der Waals surface area (Å²) < 4.78 is 0. The molecule has 0 bridgehead atoms. The largest absolute Gasteiger partial charge is 0.508 e. The molecule has 0 aliphatic carbocycles. The third-order valence-corrected chi connectivity index (χ3v) is 8.23. The van der Waals surface area contributed by atoms with Gasteiger partial charge in [0.25, 0.3) is 0 Å². The summed E-state index contributed by atoms with van der Waals surface area (Å²) in [4.78, 5) is 82.4. The minimum absolute atomic E-state index is 0.00265. The zero-order chi connectivity index (χ0) is 40.3. The Bertz CT molecular complexity index is 1450. The number of nitrogens with zero attached hydrogens (tertiary/aromatic N) is 1. The molecular weight excluding hydrogens is 692 g/mol.